The summed E-state index contributed by atoms with van der Waals surface area (Å²) in [4.78, 5) is 12.2. The molecule has 0 fully saturated rings. The van der Waals surface area contributed by atoms with E-state index in [0.717, 1.165) is 23.3 Å². The minimum Gasteiger partial charge on any atom is -0.493 e. The number of ether oxygens (including phenoxy) is 2. The number of carboxylic acid groups (broad SMARTS) is 1. The average Bonchev–Trinajstić information content (AvgIpc) is 2.77. The molecule has 2 atom stereocenters. The van der Waals surface area contributed by atoms with Gasteiger partial charge in [0.25, 0.3) is 0 Å². The Bertz CT molecular complexity index is 1080. The number of rotatable bonds is 11. The number of carboxylic acids is 1. The summed E-state index contributed by atoms with van der Waals surface area (Å²) in [6, 6.07) is 8.47. The molecule has 0 saturated heterocycles. The molecule has 3 N–H and O–H groups in total. The van der Waals surface area contributed by atoms with Gasteiger partial charge in [0.2, 0.25) is 0 Å². The maximum Gasteiger partial charge on any atom is 0.329 e. The number of hydrogen-bond donors (Lipinski definition) is 2. The van der Waals surface area contributed by atoms with Crippen molar-refractivity contribution in [2.75, 3.05) is 32.1 Å². The Hall–Kier alpha value is -3.04. The highest BCUT2D eigenvalue weighted by Gasteiger charge is 2.36. The zero-order chi connectivity index (χ0) is 26.5. The van der Waals surface area contributed by atoms with Crippen LogP contribution in [-0.2, 0) is 9.53 Å². The fourth-order valence-electron chi connectivity index (χ4n) is 4.43. The number of alkyl halides is 1. The fraction of sp³-hybridized carbons (Fsp3) is 0.444. The molecule has 0 radical (unpaired) electrons. The van der Waals surface area contributed by atoms with Gasteiger partial charge in [0.05, 0.1) is 19.3 Å². The lowest BCUT2D eigenvalue weighted by Gasteiger charge is -2.42. The largest absolute Gasteiger partial charge is 0.493 e. The van der Waals surface area contributed by atoms with Crippen LogP contribution in [0, 0.1) is 11.6 Å². The van der Waals surface area contributed by atoms with Crippen LogP contribution < -0.4 is 10.5 Å². The topological polar surface area (TPSA) is 85.0 Å². The third-order valence-corrected chi connectivity index (χ3v) is 5.94. The summed E-state index contributed by atoms with van der Waals surface area (Å²) in [5.74, 6) is -2.68. The van der Waals surface area contributed by atoms with Gasteiger partial charge in [-0.1, -0.05) is 24.3 Å². The summed E-state index contributed by atoms with van der Waals surface area (Å²) in [7, 11) is 0. The number of halogens is 3. The summed E-state index contributed by atoms with van der Waals surface area (Å²) < 4.78 is 55.8. The average molecular weight is 507 g/mol. The Balaban J connectivity index is 1.89. The Labute approximate surface area is 209 Å². The first-order chi connectivity index (χ1) is 17.0. The molecule has 0 bridgehead atoms. The lowest BCUT2D eigenvalue weighted by Crippen LogP contribution is -2.45. The summed E-state index contributed by atoms with van der Waals surface area (Å²) >= 11 is 0. The number of aliphatic carboxylic acids is 1. The van der Waals surface area contributed by atoms with Gasteiger partial charge in [0.15, 0.2) is 0 Å². The second-order valence-electron chi connectivity index (χ2n) is 9.62. The Morgan fingerprint density at radius 1 is 1.19 bits per heavy atom. The first-order valence-electron chi connectivity index (χ1n) is 11.9. The van der Waals surface area contributed by atoms with E-state index in [0.29, 0.717) is 18.5 Å². The van der Waals surface area contributed by atoms with Crippen molar-refractivity contribution in [1.82, 2.24) is 4.90 Å². The van der Waals surface area contributed by atoms with Crippen LogP contribution in [0.4, 0.5) is 18.9 Å². The van der Waals surface area contributed by atoms with Gasteiger partial charge in [-0.25, -0.2) is 18.0 Å². The third-order valence-electron chi connectivity index (χ3n) is 5.94. The van der Waals surface area contributed by atoms with Crippen LogP contribution in [0.2, 0.25) is 0 Å². The molecule has 0 aliphatic carbocycles. The predicted molar refractivity (Wildman–Crippen MR) is 132 cm³/mol. The van der Waals surface area contributed by atoms with E-state index >= 15 is 8.78 Å². The van der Waals surface area contributed by atoms with Crippen molar-refractivity contribution in [2.45, 2.75) is 51.4 Å². The standard InChI is InChI=1S/C27H33F3N2O4/c1-17-11-18(20-7-4-5-8-23(20)31)12-24(32(17)16-27(2,3)30)26-21(28)13-19(14-22(26)29)36-10-6-9-35-15-25(33)34/h4-5,7-8,12-14,17,24H,6,9-11,15-16,31H2,1-3H3,(H,33,34)/t17-,24+/m1/s1. The van der Waals surface area contributed by atoms with Gasteiger partial charge in [0.1, 0.15) is 29.7 Å². The summed E-state index contributed by atoms with van der Waals surface area (Å²) in [5, 5.41) is 8.56. The van der Waals surface area contributed by atoms with Gasteiger partial charge < -0.3 is 20.3 Å². The molecule has 2 aromatic carbocycles. The minimum absolute atomic E-state index is 0.00437. The van der Waals surface area contributed by atoms with Crippen LogP contribution in [0.25, 0.3) is 5.57 Å². The second-order valence-corrected chi connectivity index (χ2v) is 9.62. The molecular weight excluding hydrogens is 473 g/mol. The van der Waals surface area contributed by atoms with Crippen molar-refractivity contribution in [2.24, 2.45) is 0 Å². The van der Waals surface area contributed by atoms with E-state index in [1.54, 1.807) is 17.0 Å². The Morgan fingerprint density at radius 3 is 2.47 bits per heavy atom. The number of nitrogens with zero attached hydrogens (tertiary/aromatic N) is 1. The molecule has 1 aliphatic rings. The normalized spacial score (nSPS) is 18.7. The highest BCUT2D eigenvalue weighted by atomic mass is 19.1. The summed E-state index contributed by atoms with van der Waals surface area (Å²) in [6.07, 6.45) is 2.66. The van der Waals surface area contributed by atoms with E-state index in [2.05, 4.69) is 0 Å². The quantitative estimate of drug-likeness (QED) is 0.314. The lowest BCUT2D eigenvalue weighted by molar-refractivity contribution is -0.142. The fourth-order valence-corrected chi connectivity index (χ4v) is 4.43. The molecule has 0 aromatic heterocycles. The van der Waals surface area contributed by atoms with Gasteiger partial charge in [0, 0.05) is 48.0 Å². The number of nitrogens with two attached hydrogens (primary N) is 1. The maximum atomic E-state index is 15.4. The molecule has 0 unspecified atom stereocenters. The number of nitrogen functional groups attached to an aromatic ring is 1. The van der Waals surface area contributed by atoms with Crippen molar-refractivity contribution in [1.29, 1.82) is 0 Å². The van der Waals surface area contributed by atoms with E-state index in [1.165, 1.54) is 13.8 Å². The number of hydrogen-bond acceptors (Lipinski definition) is 5. The molecule has 9 heteroatoms. The lowest BCUT2D eigenvalue weighted by atomic mass is 9.86. The zero-order valence-electron chi connectivity index (χ0n) is 20.8. The number of anilines is 1. The molecule has 3 rings (SSSR count). The molecule has 196 valence electrons. The summed E-state index contributed by atoms with van der Waals surface area (Å²) in [6.45, 7) is 4.58. The number of para-hydroxylation sites is 1. The molecule has 0 amide bonds. The SMILES string of the molecule is C[C@@H]1CC(c2ccccc2N)=C[C@@H](c2c(F)cc(OCCCOCC(=O)O)cc2F)N1CC(C)(C)F. The first kappa shape index (κ1) is 27.5. The van der Waals surface area contributed by atoms with Gasteiger partial charge in [-0.3, -0.25) is 4.90 Å². The number of carbonyl (C=O) groups is 1. The molecule has 0 spiro atoms. The summed E-state index contributed by atoms with van der Waals surface area (Å²) in [5.41, 5.74) is 6.60. The van der Waals surface area contributed by atoms with Gasteiger partial charge in [-0.15, -0.1) is 0 Å². The minimum atomic E-state index is -1.58. The van der Waals surface area contributed by atoms with Crippen LogP contribution in [0.5, 0.6) is 5.75 Å². The molecular formula is C27H33F3N2O4. The molecule has 1 aliphatic heterocycles. The highest BCUT2D eigenvalue weighted by molar-refractivity contribution is 5.76. The van der Waals surface area contributed by atoms with Crippen molar-refractivity contribution in [3.05, 3.63) is 65.2 Å². The van der Waals surface area contributed by atoms with Crippen LogP contribution in [0.15, 0.2) is 42.5 Å². The van der Waals surface area contributed by atoms with Crippen molar-refractivity contribution < 1.29 is 32.5 Å². The van der Waals surface area contributed by atoms with E-state index in [-0.39, 0.29) is 37.1 Å². The van der Waals surface area contributed by atoms with Crippen molar-refractivity contribution in [3.63, 3.8) is 0 Å². The van der Waals surface area contributed by atoms with Crippen LogP contribution >= 0.6 is 0 Å². The van der Waals surface area contributed by atoms with E-state index in [9.17, 15) is 9.18 Å². The third kappa shape index (κ3) is 7.24. The smallest absolute Gasteiger partial charge is 0.329 e. The highest BCUT2D eigenvalue weighted by Crippen LogP contribution is 2.41. The molecule has 6 nitrogen and oxygen atoms in total. The van der Waals surface area contributed by atoms with Gasteiger partial charge in [-0.05, 0) is 38.8 Å². The van der Waals surface area contributed by atoms with Crippen molar-refractivity contribution in [3.8, 4) is 5.75 Å². The van der Waals surface area contributed by atoms with Crippen molar-refractivity contribution >= 4 is 17.2 Å². The first-order valence-corrected chi connectivity index (χ1v) is 11.9. The van der Waals surface area contributed by atoms with Crippen LogP contribution in [0.1, 0.15) is 50.8 Å². The van der Waals surface area contributed by atoms with E-state index in [4.69, 9.17) is 20.3 Å². The van der Waals surface area contributed by atoms with Gasteiger partial charge in [-0.2, -0.15) is 0 Å². The molecule has 1 heterocycles. The van der Waals surface area contributed by atoms with Gasteiger partial charge >= 0.3 is 5.97 Å². The second kappa shape index (κ2) is 11.8. The Morgan fingerprint density at radius 2 is 1.86 bits per heavy atom. The van der Waals surface area contributed by atoms with E-state index in [1.807, 2.05) is 25.1 Å². The molecule has 2 aromatic rings. The zero-order valence-corrected chi connectivity index (χ0v) is 20.8. The molecule has 36 heavy (non-hydrogen) atoms. The monoisotopic (exact) mass is 506 g/mol. The van der Waals surface area contributed by atoms with Crippen LogP contribution in [-0.4, -0.2) is 54.1 Å². The Kier molecular flexibility index (Phi) is 9.03. The number of benzene rings is 2. The molecule has 0 saturated carbocycles. The van der Waals surface area contributed by atoms with E-state index < -0.39 is 35.9 Å². The van der Waals surface area contributed by atoms with Crippen LogP contribution in [0.3, 0.4) is 0 Å². The maximum absolute atomic E-state index is 15.4. The predicted octanol–water partition coefficient (Wildman–Crippen LogP) is 5.38.